The summed E-state index contributed by atoms with van der Waals surface area (Å²) in [6, 6.07) is 8.07. The topological polar surface area (TPSA) is 51.2 Å². The van der Waals surface area contributed by atoms with Crippen molar-refractivity contribution in [2.24, 2.45) is 0 Å². The van der Waals surface area contributed by atoms with Crippen LogP contribution in [0.25, 0.3) is 0 Å². The lowest BCUT2D eigenvalue weighted by Gasteiger charge is -2.06. The first-order valence-electron chi connectivity index (χ1n) is 6.95. The monoisotopic (exact) mass is 304 g/mol. The van der Waals surface area contributed by atoms with Crippen molar-refractivity contribution < 1.29 is 9.53 Å². The van der Waals surface area contributed by atoms with Gasteiger partial charge in [0.15, 0.2) is 0 Å². The maximum Gasteiger partial charge on any atom is 0.226 e. The van der Waals surface area contributed by atoms with Crippen LogP contribution in [-0.4, -0.2) is 16.9 Å². The molecule has 4 nitrogen and oxygen atoms in total. The van der Waals surface area contributed by atoms with Crippen molar-refractivity contribution in [1.29, 1.82) is 0 Å². The first-order valence-corrected chi connectivity index (χ1v) is 7.83. The van der Waals surface area contributed by atoms with Crippen LogP contribution in [0.15, 0.2) is 29.6 Å². The number of aromatic nitrogens is 1. The molecule has 1 N–H and O–H groups in total. The zero-order chi connectivity index (χ0) is 15.2. The van der Waals surface area contributed by atoms with E-state index in [9.17, 15) is 4.79 Å². The third-order valence-corrected chi connectivity index (χ3v) is 3.65. The van der Waals surface area contributed by atoms with E-state index in [-0.39, 0.29) is 11.9 Å². The van der Waals surface area contributed by atoms with Crippen LogP contribution in [0.2, 0.25) is 0 Å². The zero-order valence-electron chi connectivity index (χ0n) is 12.6. The number of hydrogen-bond donors (Lipinski definition) is 1. The Morgan fingerprint density at radius 1 is 1.33 bits per heavy atom. The predicted octanol–water partition coefficient (Wildman–Crippen LogP) is 3.10. The van der Waals surface area contributed by atoms with Gasteiger partial charge in [-0.05, 0) is 32.9 Å². The third kappa shape index (κ3) is 5.19. The fraction of sp³-hybridized carbons (Fsp3) is 0.375. The molecular formula is C16H20N2O2S. The van der Waals surface area contributed by atoms with Gasteiger partial charge in [0, 0.05) is 11.4 Å². The Kier molecular flexibility index (Phi) is 5.33. The molecule has 0 aliphatic rings. The maximum atomic E-state index is 11.7. The molecule has 1 aromatic heterocycles. The van der Waals surface area contributed by atoms with Gasteiger partial charge in [-0.1, -0.05) is 17.7 Å². The second-order valence-electron chi connectivity index (χ2n) is 5.23. The second-order valence-corrected chi connectivity index (χ2v) is 6.18. The molecule has 0 aliphatic heterocycles. The van der Waals surface area contributed by atoms with Crippen LogP contribution in [0.4, 0.5) is 0 Å². The Morgan fingerprint density at radius 2 is 2.05 bits per heavy atom. The van der Waals surface area contributed by atoms with E-state index in [2.05, 4.69) is 10.3 Å². The molecule has 1 heterocycles. The summed E-state index contributed by atoms with van der Waals surface area (Å²) < 4.78 is 5.68. The fourth-order valence-corrected chi connectivity index (χ4v) is 2.52. The number of benzene rings is 1. The summed E-state index contributed by atoms with van der Waals surface area (Å²) >= 11 is 1.52. The number of carbonyl (C=O) groups is 1. The highest BCUT2D eigenvalue weighted by molar-refractivity contribution is 7.09. The van der Waals surface area contributed by atoms with E-state index >= 15 is 0 Å². The minimum Gasteiger partial charge on any atom is -0.486 e. The van der Waals surface area contributed by atoms with Crippen molar-refractivity contribution in [3.05, 3.63) is 45.9 Å². The van der Waals surface area contributed by atoms with Crippen molar-refractivity contribution >= 4 is 17.2 Å². The van der Waals surface area contributed by atoms with Gasteiger partial charge >= 0.3 is 0 Å². The second kappa shape index (κ2) is 7.22. The molecule has 1 aromatic carbocycles. The molecule has 0 saturated carbocycles. The van der Waals surface area contributed by atoms with Crippen LogP contribution in [-0.2, 0) is 17.8 Å². The quantitative estimate of drug-likeness (QED) is 0.892. The van der Waals surface area contributed by atoms with Gasteiger partial charge in [-0.2, -0.15) is 0 Å². The minimum atomic E-state index is 0.00121. The van der Waals surface area contributed by atoms with Gasteiger partial charge in [0.2, 0.25) is 5.91 Å². The van der Waals surface area contributed by atoms with Crippen LogP contribution in [0.1, 0.15) is 30.1 Å². The molecule has 2 aromatic rings. The molecule has 21 heavy (non-hydrogen) atoms. The average Bonchev–Trinajstić information content (AvgIpc) is 2.84. The van der Waals surface area contributed by atoms with Gasteiger partial charge in [0.05, 0.1) is 12.1 Å². The van der Waals surface area contributed by atoms with E-state index in [4.69, 9.17) is 4.74 Å². The highest BCUT2D eigenvalue weighted by Gasteiger charge is 2.09. The number of ether oxygens (including phenoxy) is 1. The molecule has 0 unspecified atom stereocenters. The number of aryl methyl sites for hydroxylation is 1. The number of carbonyl (C=O) groups excluding carboxylic acids is 1. The average molecular weight is 304 g/mol. The summed E-state index contributed by atoms with van der Waals surface area (Å²) in [6.07, 6.45) is 0.319. The Bertz CT molecular complexity index is 591. The lowest BCUT2D eigenvalue weighted by Crippen LogP contribution is -2.31. The van der Waals surface area contributed by atoms with Gasteiger partial charge in [-0.15, -0.1) is 11.3 Å². The van der Waals surface area contributed by atoms with Crippen LogP contribution in [0, 0.1) is 6.92 Å². The molecule has 1 amide bonds. The van der Waals surface area contributed by atoms with Crippen LogP contribution in [0.3, 0.4) is 0 Å². The summed E-state index contributed by atoms with van der Waals surface area (Å²) in [5.74, 6) is 0.830. The van der Waals surface area contributed by atoms with Gasteiger partial charge in [-0.25, -0.2) is 4.98 Å². The van der Waals surface area contributed by atoms with Crippen molar-refractivity contribution in [2.75, 3.05) is 0 Å². The standard InChI is InChI=1S/C16H20N2O2S/c1-11(2)17-15(19)8-13-10-21-16(18-13)9-20-14-6-4-12(3)5-7-14/h4-7,10-11H,8-9H2,1-3H3,(H,17,19). The Balaban J connectivity index is 1.85. The highest BCUT2D eigenvalue weighted by atomic mass is 32.1. The van der Waals surface area contributed by atoms with E-state index in [0.717, 1.165) is 16.5 Å². The normalized spacial score (nSPS) is 10.7. The lowest BCUT2D eigenvalue weighted by atomic mass is 10.2. The van der Waals surface area contributed by atoms with Gasteiger partial charge in [-0.3, -0.25) is 4.79 Å². The number of nitrogens with one attached hydrogen (secondary N) is 1. The first kappa shape index (κ1) is 15.5. The summed E-state index contributed by atoms with van der Waals surface area (Å²) in [5.41, 5.74) is 2.00. The molecule has 0 atom stereocenters. The predicted molar refractivity (Wildman–Crippen MR) is 84.6 cm³/mol. The molecule has 112 valence electrons. The molecular weight excluding hydrogens is 284 g/mol. The number of rotatable bonds is 6. The van der Waals surface area contributed by atoms with Crippen LogP contribution < -0.4 is 10.1 Å². The molecule has 5 heteroatoms. The van der Waals surface area contributed by atoms with Crippen molar-refractivity contribution in [2.45, 2.75) is 39.8 Å². The zero-order valence-corrected chi connectivity index (χ0v) is 13.4. The van der Waals surface area contributed by atoms with Crippen LogP contribution >= 0.6 is 11.3 Å². The van der Waals surface area contributed by atoms with E-state index < -0.39 is 0 Å². The molecule has 0 bridgehead atoms. The van der Waals surface area contributed by atoms with E-state index in [1.165, 1.54) is 16.9 Å². The summed E-state index contributed by atoms with van der Waals surface area (Å²) in [5, 5.41) is 5.65. The first-order chi connectivity index (χ1) is 10.0. The number of hydrogen-bond acceptors (Lipinski definition) is 4. The molecule has 0 radical (unpaired) electrons. The summed E-state index contributed by atoms with van der Waals surface area (Å²) in [6.45, 7) is 6.36. The minimum absolute atomic E-state index is 0.00121. The van der Waals surface area contributed by atoms with Gasteiger partial charge < -0.3 is 10.1 Å². The molecule has 0 saturated heterocycles. The molecule has 2 rings (SSSR count). The van der Waals surface area contributed by atoms with E-state index in [0.29, 0.717) is 13.0 Å². The Hall–Kier alpha value is -1.88. The van der Waals surface area contributed by atoms with Crippen molar-refractivity contribution in [3.8, 4) is 5.75 Å². The smallest absolute Gasteiger partial charge is 0.226 e. The van der Waals surface area contributed by atoms with Crippen molar-refractivity contribution in [3.63, 3.8) is 0 Å². The van der Waals surface area contributed by atoms with E-state index in [1.807, 2.05) is 50.4 Å². The Labute approximate surface area is 129 Å². The SMILES string of the molecule is Cc1ccc(OCc2nc(CC(=O)NC(C)C)cs2)cc1. The number of nitrogens with zero attached hydrogens (tertiary/aromatic N) is 1. The fourth-order valence-electron chi connectivity index (χ4n) is 1.81. The maximum absolute atomic E-state index is 11.7. The van der Waals surface area contributed by atoms with Crippen LogP contribution in [0.5, 0.6) is 5.75 Å². The lowest BCUT2D eigenvalue weighted by molar-refractivity contribution is -0.120. The summed E-state index contributed by atoms with van der Waals surface area (Å²) in [7, 11) is 0. The number of thiazole rings is 1. The number of amides is 1. The third-order valence-electron chi connectivity index (χ3n) is 2.77. The molecule has 0 aliphatic carbocycles. The summed E-state index contributed by atoms with van der Waals surface area (Å²) in [4.78, 5) is 16.1. The molecule has 0 spiro atoms. The van der Waals surface area contributed by atoms with Gasteiger partial charge in [0.25, 0.3) is 0 Å². The van der Waals surface area contributed by atoms with Gasteiger partial charge in [0.1, 0.15) is 17.4 Å². The molecule has 0 fully saturated rings. The highest BCUT2D eigenvalue weighted by Crippen LogP contribution is 2.16. The van der Waals surface area contributed by atoms with Crippen molar-refractivity contribution in [1.82, 2.24) is 10.3 Å². The van der Waals surface area contributed by atoms with E-state index in [1.54, 1.807) is 0 Å². The Morgan fingerprint density at radius 3 is 2.71 bits per heavy atom. The largest absolute Gasteiger partial charge is 0.486 e.